The number of hydrogen-bond donors (Lipinski definition) is 0. The van der Waals surface area contributed by atoms with Crippen LogP contribution < -0.4 is 0 Å². The van der Waals surface area contributed by atoms with Crippen LogP contribution in [0.2, 0.25) is 0 Å². The van der Waals surface area contributed by atoms with Crippen molar-refractivity contribution in [3.05, 3.63) is 71.8 Å². The summed E-state index contributed by atoms with van der Waals surface area (Å²) >= 11 is 0. The highest BCUT2D eigenvalue weighted by Crippen LogP contribution is 1.94. The summed E-state index contributed by atoms with van der Waals surface area (Å²) in [5.41, 5.74) is 2.23. The first kappa shape index (κ1) is 15.1. The van der Waals surface area contributed by atoms with Crippen LogP contribution in [0.5, 0.6) is 0 Å². The lowest BCUT2D eigenvalue weighted by atomic mass is 10.2. The van der Waals surface area contributed by atoms with Gasteiger partial charge in [0.15, 0.2) is 0 Å². The summed E-state index contributed by atoms with van der Waals surface area (Å²) in [4.78, 5) is 8.64. The maximum Gasteiger partial charge on any atom is 0.0662 e. The first-order valence-electron chi connectivity index (χ1n) is 7.12. The Hall–Kier alpha value is -2.26. The van der Waals surface area contributed by atoms with Crippen LogP contribution in [0.3, 0.4) is 0 Å². The van der Waals surface area contributed by atoms with Gasteiger partial charge in [-0.25, -0.2) is 0 Å². The van der Waals surface area contributed by atoms with Gasteiger partial charge in [-0.1, -0.05) is 60.7 Å². The Morgan fingerprint density at radius 3 is 1.52 bits per heavy atom. The average molecular weight is 280 g/mol. The molecule has 0 aliphatic rings. The van der Waals surface area contributed by atoms with Gasteiger partial charge in [0.05, 0.1) is 26.3 Å². The molecule has 0 radical (unpaired) electrons. The molecule has 0 unspecified atom stereocenters. The predicted octanol–water partition coefficient (Wildman–Crippen LogP) is 3.24. The van der Waals surface area contributed by atoms with Gasteiger partial charge in [-0.15, -0.1) is 0 Å². The molecule has 3 heteroatoms. The molecule has 0 saturated heterocycles. The van der Waals surface area contributed by atoms with Crippen LogP contribution >= 0.6 is 0 Å². The molecule has 2 aromatic carbocycles. The quantitative estimate of drug-likeness (QED) is 0.540. The molecule has 108 valence electrons. The Labute approximate surface area is 126 Å². The van der Waals surface area contributed by atoms with E-state index < -0.39 is 0 Å². The van der Waals surface area contributed by atoms with E-state index in [0.29, 0.717) is 26.3 Å². The lowest BCUT2D eigenvalue weighted by Crippen LogP contribution is -2.03. The third kappa shape index (κ3) is 6.63. The van der Waals surface area contributed by atoms with Crippen LogP contribution in [0, 0.1) is 0 Å². The minimum atomic E-state index is 0.629. The number of aliphatic imine (C=N–C) groups is 2. The van der Waals surface area contributed by atoms with E-state index in [1.807, 2.05) is 73.1 Å². The molecular weight excluding hydrogens is 260 g/mol. The van der Waals surface area contributed by atoms with Gasteiger partial charge in [-0.05, 0) is 11.1 Å². The highest BCUT2D eigenvalue weighted by atomic mass is 16.5. The molecule has 0 aromatic heterocycles. The van der Waals surface area contributed by atoms with Gasteiger partial charge in [0.1, 0.15) is 0 Å². The van der Waals surface area contributed by atoms with Crippen molar-refractivity contribution in [3.8, 4) is 0 Å². The SMILES string of the molecule is C(=NCCOCCN=Cc1ccccc1)c1ccccc1. The molecule has 0 aliphatic carbocycles. The van der Waals surface area contributed by atoms with Crippen molar-refractivity contribution in [3.63, 3.8) is 0 Å². The van der Waals surface area contributed by atoms with E-state index in [9.17, 15) is 0 Å². The number of nitrogens with zero attached hydrogens (tertiary/aromatic N) is 2. The zero-order chi connectivity index (χ0) is 14.6. The predicted molar refractivity (Wildman–Crippen MR) is 88.6 cm³/mol. The van der Waals surface area contributed by atoms with E-state index in [0.717, 1.165) is 11.1 Å². The van der Waals surface area contributed by atoms with Crippen molar-refractivity contribution in [2.75, 3.05) is 26.3 Å². The van der Waals surface area contributed by atoms with Crippen LogP contribution in [0.25, 0.3) is 0 Å². The smallest absolute Gasteiger partial charge is 0.0662 e. The Balaban J connectivity index is 1.52. The van der Waals surface area contributed by atoms with E-state index in [2.05, 4.69) is 9.98 Å². The molecule has 2 rings (SSSR count). The third-order valence-corrected chi connectivity index (χ3v) is 2.81. The molecule has 0 saturated carbocycles. The Morgan fingerprint density at radius 1 is 0.667 bits per heavy atom. The van der Waals surface area contributed by atoms with E-state index in [1.165, 1.54) is 0 Å². The summed E-state index contributed by atoms with van der Waals surface area (Å²) < 4.78 is 5.48. The Morgan fingerprint density at radius 2 is 1.10 bits per heavy atom. The first-order valence-corrected chi connectivity index (χ1v) is 7.12. The second kappa shape index (κ2) is 9.61. The van der Waals surface area contributed by atoms with Crippen LogP contribution in [-0.4, -0.2) is 38.7 Å². The number of hydrogen-bond acceptors (Lipinski definition) is 3. The monoisotopic (exact) mass is 280 g/mol. The topological polar surface area (TPSA) is 34.0 Å². The minimum absolute atomic E-state index is 0.629. The molecule has 0 aliphatic heterocycles. The van der Waals surface area contributed by atoms with E-state index in [4.69, 9.17) is 4.74 Å². The van der Waals surface area contributed by atoms with Crippen molar-refractivity contribution in [1.29, 1.82) is 0 Å². The minimum Gasteiger partial charge on any atom is -0.378 e. The van der Waals surface area contributed by atoms with Crippen molar-refractivity contribution in [2.45, 2.75) is 0 Å². The molecule has 0 fully saturated rings. The van der Waals surface area contributed by atoms with E-state index >= 15 is 0 Å². The fourth-order valence-electron chi connectivity index (χ4n) is 1.75. The molecule has 0 N–H and O–H groups in total. The maximum atomic E-state index is 5.48. The van der Waals surface area contributed by atoms with Crippen molar-refractivity contribution >= 4 is 12.4 Å². The second-order valence-electron chi connectivity index (χ2n) is 4.50. The summed E-state index contributed by atoms with van der Waals surface area (Å²) in [5.74, 6) is 0. The van der Waals surface area contributed by atoms with Gasteiger partial charge in [-0.2, -0.15) is 0 Å². The van der Waals surface area contributed by atoms with Gasteiger partial charge in [0, 0.05) is 12.4 Å². The molecule has 0 heterocycles. The van der Waals surface area contributed by atoms with Crippen LogP contribution in [0.4, 0.5) is 0 Å². The molecule has 3 nitrogen and oxygen atoms in total. The van der Waals surface area contributed by atoms with E-state index in [1.54, 1.807) is 0 Å². The van der Waals surface area contributed by atoms with Gasteiger partial charge in [0.25, 0.3) is 0 Å². The van der Waals surface area contributed by atoms with E-state index in [-0.39, 0.29) is 0 Å². The summed E-state index contributed by atoms with van der Waals surface area (Å²) in [6.07, 6.45) is 3.74. The molecule has 0 bridgehead atoms. The summed E-state index contributed by atoms with van der Waals surface area (Å²) in [5, 5.41) is 0. The zero-order valence-electron chi connectivity index (χ0n) is 12.1. The molecule has 0 amide bonds. The first-order chi connectivity index (χ1) is 10.4. The fourth-order valence-corrected chi connectivity index (χ4v) is 1.75. The maximum absolute atomic E-state index is 5.48. The standard InChI is InChI=1S/C18H20N2O/c1-3-7-17(8-4-1)15-19-11-13-21-14-12-20-16-18-9-5-2-6-10-18/h1-10,15-16H,11-14H2. The summed E-state index contributed by atoms with van der Waals surface area (Å²) in [6, 6.07) is 20.1. The van der Waals surface area contributed by atoms with Crippen molar-refractivity contribution < 1.29 is 4.74 Å². The lowest BCUT2D eigenvalue weighted by molar-refractivity contribution is 0.150. The molecule has 0 atom stereocenters. The lowest BCUT2D eigenvalue weighted by Gasteiger charge is -1.99. The molecular formula is C18H20N2O. The third-order valence-electron chi connectivity index (χ3n) is 2.81. The number of rotatable bonds is 8. The highest BCUT2D eigenvalue weighted by molar-refractivity contribution is 5.79. The number of ether oxygens (including phenoxy) is 1. The van der Waals surface area contributed by atoms with Gasteiger partial charge < -0.3 is 4.74 Å². The largest absolute Gasteiger partial charge is 0.378 e. The molecule has 21 heavy (non-hydrogen) atoms. The zero-order valence-corrected chi connectivity index (χ0v) is 12.1. The van der Waals surface area contributed by atoms with Gasteiger partial charge in [-0.3, -0.25) is 9.98 Å². The van der Waals surface area contributed by atoms with Crippen LogP contribution in [0.15, 0.2) is 70.6 Å². The average Bonchev–Trinajstić information content (AvgIpc) is 2.55. The van der Waals surface area contributed by atoms with Crippen molar-refractivity contribution in [2.24, 2.45) is 9.98 Å². The van der Waals surface area contributed by atoms with Gasteiger partial charge >= 0.3 is 0 Å². The molecule has 2 aromatic rings. The molecule has 0 spiro atoms. The highest BCUT2D eigenvalue weighted by Gasteiger charge is 1.88. The van der Waals surface area contributed by atoms with Crippen LogP contribution in [0.1, 0.15) is 11.1 Å². The summed E-state index contributed by atoms with van der Waals surface area (Å²) in [7, 11) is 0. The fraction of sp³-hybridized carbons (Fsp3) is 0.222. The normalized spacial score (nSPS) is 11.4. The Bertz CT molecular complexity index is 498. The summed E-state index contributed by atoms with van der Waals surface area (Å²) in [6.45, 7) is 2.61. The second-order valence-corrected chi connectivity index (χ2v) is 4.50. The van der Waals surface area contributed by atoms with Crippen LogP contribution in [-0.2, 0) is 4.74 Å². The number of benzene rings is 2. The van der Waals surface area contributed by atoms with Crippen molar-refractivity contribution in [1.82, 2.24) is 0 Å². The van der Waals surface area contributed by atoms with Gasteiger partial charge in [0.2, 0.25) is 0 Å². The Kier molecular flexibility index (Phi) is 6.93.